The summed E-state index contributed by atoms with van der Waals surface area (Å²) >= 11 is 3.97. The minimum absolute atomic E-state index is 0.155. The molecule has 10 nitrogen and oxygen atoms in total. The molecule has 0 aromatic heterocycles. The number of nitrogens with zero attached hydrogens (tertiary/aromatic N) is 1. The van der Waals surface area contributed by atoms with Crippen molar-refractivity contribution in [2.75, 3.05) is 18.8 Å². The van der Waals surface area contributed by atoms with Gasteiger partial charge in [-0.15, -0.1) is 0 Å². The third kappa shape index (κ3) is 5.87. The normalized spacial score (nSPS) is 20.5. The minimum Gasteiger partial charge on any atom is -0.480 e. The Labute approximate surface area is 150 Å². The summed E-state index contributed by atoms with van der Waals surface area (Å²) in [7, 11) is 0. The van der Waals surface area contributed by atoms with Crippen LogP contribution in [0.4, 0.5) is 0 Å². The summed E-state index contributed by atoms with van der Waals surface area (Å²) < 4.78 is 0. The number of rotatable bonds is 8. The zero-order chi connectivity index (χ0) is 19.1. The van der Waals surface area contributed by atoms with E-state index in [0.717, 1.165) is 0 Å². The monoisotopic (exact) mass is 376 g/mol. The molecule has 4 atom stereocenters. The second-order valence-corrected chi connectivity index (χ2v) is 6.19. The number of carbonyl (C=O) groups excluding carboxylic acids is 3. The lowest BCUT2D eigenvalue weighted by atomic mass is 10.2. The van der Waals surface area contributed by atoms with Gasteiger partial charge in [-0.3, -0.25) is 14.4 Å². The van der Waals surface area contributed by atoms with Crippen LogP contribution in [0.5, 0.6) is 0 Å². The van der Waals surface area contributed by atoms with Gasteiger partial charge < -0.3 is 31.5 Å². The van der Waals surface area contributed by atoms with Crippen LogP contribution in [0.3, 0.4) is 0 Å². The van der Waals surface area contributed by atoms with E-state index in [-0.39, 0.29) is 11.7 Å². The van der Waals surface area contributed by atoms with Gasteiger partial charge in [-0.25, -0.2) is 4.79 Å². The first-order valence-electron chi connectivity index (χ1n) is 7.83. The number of likely N-dealkylation sites (tertiary alicyclic amines) is 1. The Kier molecular flexibility index (Phi) is 8.13. The smallest absolute Gasteiger partial charge is 0.328 e. The second kappa shape index (κ2) is 9.59. The predicted molar refractivity (Wildman–Crippen MR) is 90.8 cm³/mol. The molecule has 6 N–H and O–H groups in total. The summed E-state index contributed by atoms with van der Waals surface area (Å²) in [6, 6.07) is -3.00. The van der Waals surface area contributed by atoms with E-state index in [1.807, 2.05) is 0 Å². The molecule has 3 amide bonds. The molecule has 0 bridgehead atoms. The fraction of sp³-hybridized carbons (Fsp3) is 0.714. The second-order valence-electron chi connectivity index (χ2n) is 5.82. The van der Waals surface area contributed by atoms with Crippen LogP contribution in [0.2, 0.25) is 0 Å². The molecule has 25 heavy (non-hydrogen) atoms. The van der Waals surface area contributed by atoms with Gasteiger partial charge in [0.25, 0.3) is 0 Å². The van der Waals surface area contributed by atoms with Crippen LogP contribution >= 0.6 is 12.6 Å². The van der Waals surface area contributed by atoms with E-state index >= 15 is 0 Å². The number of hydrogen-bond donors (Lipinski definition) is 6. The summed E-state index contributed by atoms with van der Waals surface area (Å²) in [4.78, 5) is 48.4. The van der Waals surface area contributed by atoms with Crippen LogP contribution in [0, 0.1) is 0 Å². The maximum Gasteiger partial charge on any atom is 0.328 e. The third-order valence-corrected chi connectivity index (χ3v) is 4.23. The Bertz CT molecular complexity index is 529. The van der Waals surface area contributed by atoms with E-state index < -0.39 is 48.6 Å². The highest BCUT2D eigenvalue weighted by Gasteiger charge is 2.36. The van der Waals surface area contributed by atoms with Crippen molar-refractivity contribution in [2.45, 2.75) is 44.0 Å². The van der Waals surface area contributed by atoms with Gasteiger partial charge in [0.1, 0.15) is 6.04 Å². The Morgan fingerprint density at radius 3 is 2.52 bits per heavy atom. The molecule has 1 fully saturated rings. The van der Waals surface area contributed by atoms with Crippen LogP contribution in [-0.4, -0.2) is 81.9 Å². The maximum atomic E-state index is 12.2. The fourth-order valence-electron chi connectivity index (χ4n) is 2.49. The van der Waals surface area contributed by atoms with E-state index in [1.54, 1.807) is 0 Å². The van der Waals surface area contributed by atoms with Gasteiger partial charge in [0, 0.05) is 12.3 Å². The minimum atomic E-state index is -1.47. The summed E-state index contributed by atoms with van der Waals surface area (Å²) in [5, 5.41) is 22.7. The molecule has 0 aromatic rings. The number of aliphatic hydroxyl groups is 1. The molecule has 1 rings (SSSR count). The average Bonchev–Trinajstić information content (AvgIpc) is 3.05. The van der Waals surface area contributed by atoms with Gasteiger partial charge in [0.15, 0.2) is 6.04 Å². The van der Waals surface area contributed by atoms with Crippen LogP contribution in [-0.2, 0) is 19.2 Å². The number of aliphatic carboxylic acids is 1. The Morgan fingerprint density at radius 1 is 1.36 bits per heavy atom. The van der Waals surface area contributed by atoms with Gasteiger partial charge >= 0.3 is 5.97 Å². The molecule has 0 radical (unpaired) electrons. The zero-order valence-electron chi connectivity index (χ0n) is 13.8. The maximum absolute atomic E-state index is 12.2. The van der Waals surface area contributed by atoms with Crippen molar-refractivity contribution in [3.05, 3.63) is 0 Å². The van der Waals surface area contributed by atoms with E-state index in [4.69, 9.17) is 10.8 Å². The first kappa shape index (κ1) is 21.2. The topological polar surface area (TPSA) is 162 Å². The molecule has 1 aliphatic heterocycles. The molecule has 1 aliphatic rings. The Balaban J connectivity index is 2.56. The van der Waals surface area contributed by atoms with Crippen LogP contribution in [0.1, 0.15) is 19.8 Å². The first-order chi connectivity index (χ1) is 11.7. The van der Waals surface area contributed by atoms with Crippen molar-refractivity contribution in [3.8, 4) is 0 Å². The molecule has 1 heterocycles. The number of nitrogens with two attached hydrogens (primary N) is 1. The average molecular weight is 376 g/mol. The number of nitrogens with one attached hydrogen (secondary N) is 2. The lowest BCUT2D eigenvalue weighted by molar-refractivity contribution is -0.144. The highest BCUT2D eigenvalue weighted by atomic mass is 32.1. The largest absolute Gasteiger partial charge is 0.480 e. The summed E-state index contributed by atoms with van der Waals surface area (Å²) in [6.45, 7) is 1.16. The molecule has 0 aliphatic carbocycles. The van der Waals surface area contributed by atoms with Crippen molar-refractivity contribution in [2.24, 2.45) is 5.73 Å². The van der Waals surface area contributed by atoms with Crippen molar-refractivity contribution in [1.82, 2.24) is 15.5 Å². The fourth-order valence-corrected chi connectivity index (χ4v) is 2.65. The number of carboxylic acid groups (broad SMARTS) is 1. The van der Waals surface area contributed by atoms with E-state index in [0.29, 0.717) is 19.4 Å². The molecule has 0 spiro atoms. The Morgan fingerprint density at radius 2 is 2.00 bits per heavy atom. The SMILES string of the molecule is CC(O)C(NC(=O)CNC(=O)C1CCCN1C(=O)C(N)CS)C(=O)O. The third-order valence-electron chi connectivity index (χ3n) is 3.84. The van der Waals surface area contributed by atoms with Crippen molar-refractivity contribution in [3.63, 3.8) is 0 Å². The quantitative estimate of drug-likeness (QED) is 0.251. The molecule has 11 heteroatoms. The van der Waals surface area contributed by atoms with Gasteiger partial charge in [-0.05, 0) is 19.8 Å². The number of carbonyl (C=O) groups is 4. The van der Waals surface area contributed by atoms with Gasteiger partial charge in [0.2, 0.25) is 17.7 Å². The summed E-state index contributed by atoms with van der Waals surface area (Å²) in [6.07, 6.45) is -0.203. The summed E-state index contributed by atoms with van der Waals surface area (Å²) in [5.41, 5.74) is 5.65. The van der Waals surface area contributed by atoms with E-state index in [1.165, 1.54) is 11.8 Å². The van der Waals surface area contributed by atoms with E-state index in [2.05, 4.69) is 23.3 Å². The van der Waals surface area contributed by atoms with Gasteiger partial charge in [0.05, 0.1) is 18.7 Å². The molecule has 1 saturated heterocycles. The number of carboxylic acids is 1. The lowest BCUT2D eigenvalue weighted by Crippen LogP contribution is -2.54. The number of aliphatic hydroxyl groups excluding tert-OH is 1. The highest BCUT2D eigenvalue weighted by molar-refractivity contribution is 7.80. The molecule has 142 valence electrons. The standard InChI is InChI=1S/C14H24N4O6S/c1-7(19)11(14(23)24)17-10(20)5-16-12(21)9-3-2-4-18(9)13(22)8(15)6-25/h7-9,11,19,25H,2-6,15H2,1H3,(H,16,21)(H,17,20)(H,23,24). The predicted octanol–water partition coefficient (Wildman–Crippen LogP) is -2.70. The number of amides is 3. The molecule has 4 unspecified atom stereocenters. The van der Waals surface area contributed by atoms with Crippen molar-refractivity contribution < 1.29 is 29.4 Å². The molecule has 0 saturated carbocycles. The van der Waals surface area contributed by atoms with Gasteiger partial charge in [-0.1, -0.05) is 0 Å². The van der Waals surface area contributed by atoms with E-state index in [9.17, 15) is 24.3 Å². The molecular formula is C14H24N4O6S. The van der Waals surface area contributed by atoms with Crippen LogP contribution < -0.4 is 16.4 Å². The van der Waals surface area contributed by atoms with Crippen molar-refractivity contribution >= 4 is 36.3 Å². The van der Waals surface area contributed by atoms with Gasteiger partial charge in [-0.2, -0.15) is 12.6 Å². The lowest BCUT2D eigenvalue weighted by Gasteiger charge is -2.26. The number of thiol groups is 1. The Hall–Kier alpha value is -1.85. The highest BCUT2D eigenvalue weighted by Crippen LogP contribution is 2.18. The number of hydrogen-bond acceptors (Lipinski definition) is 7. The first-order valence-corrected chi connectivity index (χ1v) is 8.47. The molecule has 0 aromatic carbocycles. The van der Waals surface area contributed by atoms with Crippen molar-refractivity contribution in [1.29, 1.82) is 0 Å². The molecular weight excluding hydrogens is 352 g/mol. The summed E-state index contributed by atoms with van der Waals surface area (Å²) in [5.74, 6) is -2.89. The van der Waals surface area contributed by atoms with Crippen LogP contribution in [0.15, 0.2) is 0 Å². The zero-order valence-corrected chi connectivity index (χ0v) is 14.7. The van der Waals surface area contributed by atoms with Crippen LogP contribution in [0.25, 0.3) is 0 Å².